The van der Waals surface area contributed by atoms with Crippen molar-refractivity contribution in [1.29, 1.82) is 0 Å². The first kappa shape index (κ1) is 16.4. The molecule has 0 aliphatic carbocycles. The van der Waals surface area contributed by atoms with E-state index in [1.54, 1.807) is 12.3 Å². The van der Waals surface area contributed by atoms with Crippen LogP contribution in [0.1, 0.15) is 25.0 Å². The van der Waals surface area contributed by atoms with E-state index in [9.17, 15) is 4.39 Å². The standard InChI is InChI=1S/C19H22FN3O2/c20-17-6-3-9-22-18(17)25-16-11-19(24-13-16)7-4-10-23(14-19)12-15-5-1-2-8-21-15/h1-3,5-6,8-9,16H,4,7,10-14H2/t16-,19+/m0/s1. The molecule has 2 atom stereocenters. The predicted octanol–water partition coefficient (Wildman–Crippen LogP) is 2.82. The molecule has 0 aromatic carbocycles. The summed E-state index contributed by atoms with van der Waals surface area (Å²) in [5.74, 6) is -0.363. The number of pyridine rings is 2. The van der Waals surface area contributed by atoms with Gasteiger partial charge in [0, 0.05) is 31.9 Å². The van der Waals surface area contributed by atoms with Crippen molar-refractivity contribution in [1.82, 2.24) is 14.9 Å². The average molecular weight is 343 g/mol. The highest BCUT2D eigenvalue weighted by Crippen LogP contribution is 2.36. The number of piperidine rings is 1. The first-order valence-corrected chi connectivity index (χ1v) is 8.76. The Morgan fingerprint density at radius 2 is 2.16 bits per heavy atom. The van der Waals surface area contributed by atoms with Crippen molar-refractivity contribution in [2.45, 2.75) is 37.5 Å². The van der Waals surface area contributed by atoms with Gasteiger partial charge in [0.15, 0.2) is 5.82 Å². The van der Waals surface area contributed by atoms with E-state index < -0.39 is 5.82 Å². The lowest BCUT2D eigenvalue weighted by Crippen LogP contribution is -2.47. The molecule has 2 saturated heterocycles. The molecule has 2 aliphatic rings. The van der Waals surface area contributed by atoms with Gasteiger partial charge in [0.1, 0.15) is 6.10 Å². The number of ether oxygens (including phenoxy) is 2. The zero-order chi connectivity index (χ0) is 17.1. The summed E-state index contributed by atoms with van der Waals surface area (Å²) in [7, 11) is 0. The molecule has 0 radical (unpaired) electrons. The van der Waals surface area contributed by atoms with E-state index >= 15 is 0 Å². The summed E-state index contributed by atoms with van der Waals surface area (Å²) < 4.78 is 25.6. The van der Waals surface area contributed by atoms with Gasteiger partial charge in [-0.15, -0.1) is 0 Å². The van der Waals surface area contributed by atoms with Crippen LogP contribution in [-0.2, 0) is 11.3 Å². The topological polar surface area (TPSA) is 47.5 Å². The van der Waals surface area contributed by atoms with Crippen LogP contribution in [0.5, 0.6) is 5.88 Å². The largest absolute Gasteiger partial charge is 0.470 e. The molecule has 0 saturated carbocycles. The van der Waals surface area contributed by atoms with Gasteiger partial charge in [-0.05, 0) is 43.7 Å². The van der Waals surface area contributed by atoms with E-state index in [0.29, 0.717) is 6.61 Å². The van der Waals surface area contributed by atoms with Crippen LogP contribution in [0.2, 0.25) is 0 Å². The van der Waals surface area contributed by atoms with Crippen molar-refractivity contribution in [3.8, 4) is 5.88 Å². The fourth-order valence-electron chi connectivity index (χ4n) is 3.82. The zero-order valence-corrected chi connectivity index (χ0v) is 14.1. The second-order valence-corrected chi connectivity index (χ2v) is 6.86. The third-order valence-electron chi connectivity index (χ3n) is 4.91. The van der Waals surface area contributed by atoms with Crippen LogP contribution in [0.3, 0.4) is 0 Å². The Balaban J connectivity index is 1.38. The Labute approximate surface area is 146 Å². The molecule has 4 rings (SSSR count). The number of nitrogens with zero attached hydrogens (tertiary/aromatic N) is 3. The number of hydrogen-bond donors (Lipinski definition) is 0. The summed E-state index contributed by atoms with van der Waals surface area (Å²) in [5, 5.41) is 0. The predicted molar refractivity (Wildman–Crippen MR) is 90.7 cm³/mol. The highest BCUT2D eigenvalue weighted by atomic mass is 19.1. The van der Waals surface area contributed by atoms with E-state index in [1.807, 2.05) is 24.4 Å². The number of likely N-dealkylation sites (tertiary alicyclic amines) is 1. The highest BCUT2D eigenvalue weighted by Gasteiger charge is 2.44. The Hall–Kier alpha value is -2.05. The molecule has 132 valence electrons. The average Bonchev–Trinajstić information content (AvgIpc) is 3.00. The minimum absolute atomic E-state index is 0.0642. The molecule has 2 aliphatic heterocycles. The van der Waals surface area contributed by atoms with Crippen LogP contribution >= 0.6 is 0 Å². The Morgan fingerprint density at radius 1 is 1.24 bits per heavy atom. The Morgan fingerprint density at radius 3 is 3.00 bits per heavy atom. The third-order valence-corrected chi connectivity index (χ3v) is 4.91. The van der Waals surface area contributed by atoms with E-state index in [2.05, 4.69) is 14.9 Å². The van der Waals surface area contributed by atoms with E-state index in [0.717, 1.165) is 44.6 Å². The summed E-state index contributed by atoms with van der Waals surface area (Å²) in [6, 6.07) is 8.92. The highest BCUT2D eigenvalue weighted by molar-refractivity contribution is 5.14. The molecule has 0 N–H and O–H groups in total. The van der Waals surface area contributed by atoms with Crippen LogP contribution in [-0.4, -0.2) is 46.3 Å². The lowest BCUT2D eigenvalue weighted by Gasteiger charge is -2.39. The zero-order valence-electron chi connectivity index (χ0n) is 14.1. The first-order chi connectivity index (χ1) is 12.2. The SMILES string of the molecule is Fc1cccnc1O[C@@H]1CO[C@]2(CCCN(Cc3ccccn3)C2)C1. The molecule has 0 unspecified atom stereocenters. The maximum atomic E-state index is 13.7. The minimum Gasteiger partial charge on any atom is -0.470 e. The van der Waals surface area contributed by atoms with Crippen LogP contribution in [0.25, 0.3) is 0 Å². The molecule has 2 aromatic heterocycles. The van der Waals surface area contributed by atoms with Gasteiger partial charge in [0.05, 0.1) is 17.9 Å². The van der Waals surface area contributed by atoms with Gasteiger partial charge in [-0.25, -0.2) is 9.37 Å². The Bertz CT molecular complexity index is 715. The number of rotatable bonds is 4. The van der Waals surface area contributed by atoms with Crippen LogP contribution in [0.15, 0.2) is 42.7 Å². The summed E-state index contributed by atoms with van der Waals surface area (Å²) >= 11 is 0. The van der Waals surface area contributed by atoms with E-state index in [4.69, 9.17) is 9.47 Å². The fourth-order valence-corrected chi connectivity index (χ4v) is 3.82. The summed E-state index contributed by atoms with van der Waals surface area (Å²) in [5.41, 5.74) is 0.865. The van der Waals surface area contributed by atoms with Crippen molar-refractivity contribution >= 4 is 0 Å². The van der Waals surface area contributed by atoms with Crippen LogP contribution in [0.4, 0.5) is 4.39 Å². The maximum Gasteiger partial charge on any atom is 0.250 e. The number of halogens is 1. The quantitative estimate of drug-likeness (QED) is 0.854. The maximum absolute atomic E-state index is 13.7. The van der Waals surface area contributed by atoms with Crippen molar-refractivity contribution < 1.29 is 13.9 Å². The molecule has 4 heterocycles. The lowest BCUT2D eigenvalue weighted by molar-refractivity contribution is -0.0541. The normalized spacial score (nSPS) is 26.8. The molecule has 1 spiro atoms. The molecule has 0 bridgehead atoms. The van der Waals surface area contributed by atoms with Crippen molar-refractivity contribution in [2.24, 2.45) is 0 Å². The summed E-state index contributed by atoms with van der Waals surface area (Å²) in [6.45, 7) is 3.20. The van der Waals surface area contributed by atoms with Crippen LogP contribution < -0.4 is 4.74 Å². The lowest BCUT2D eigenvalue weighted by atomic mass is 9.89. The first-order valence-electron chi connectivity index (χ1n) is 8.76. The molecular formula is C19H22FN3O2. The van der Waals surface area contributed by atoms with Crippen molar-refractivity contribution in [3.63, 3.8) is 0 Å². The summed E-state index contributed by atoms with van der Waals surface area (Å²) in [4.78, 5) is 10.8. The van der Waals surface area contributed by atoms with E-state index in [-0.39, 0.29) is 17.6 Å². The van der Waals surface area contributed by atoms with Gasteiger partial charge in [0.2, 0.25) is 0 Å². The Kier molecular flexibility index (Phi) is 4.63. The molecule has 2 fully saturated rings. The molecule has 6 heteroatoms. The van der Waals surface area contributed by atoms with Gasteiger partial charge < -0.3 is 9.47 Å². The molecule has 25 heavy (non-hydrogen) atoms. The van der Waals surface area contributed by atoms with Crippen molar-refractivity contribution in [3.05, 3.63) is 54.2 Å². The van der Waals surface area contributed by atoms with E-state index in [1.165, 1.54) is 6.07 Å². The second kappa shape index (κ2) is 7.06. The van der Waals surface area contributed by atoms with Gasteiger partial charge in [0.25, 0.3) is 5.88 Å². The second-order valence-electron chi connectivity index (χ2n) is 6.86. The third kappa shape index (κ3) is 3.80. The van der Waals surface area contributed by atoms with Gasteiger partial charge >= 0.3 is 0 Å². The van der Waals surface area contributed by atoms with Crippen molar-refractivity contribution in [2.75, 3.05) is 19.7 Å². The smallest absolute Gasteiger partial charge is 0.250 e. The van der Waals surface area contributed by atoms with Gasteiger partial charge in [-0.1, -0.05) is 6.07 Å². The number of hydrogen-bond acceptors (Lipinski definition) is 5. The molecule has 2 aromatic rings. The number of aromatic nitrogens is 2. The monoisotopic (exact) mass is 343 g/mol. The van der Waals surface area contributed by atoms with Gasteiger partial charge in [-0.2, -0.15) is 0 Å². The molecule has 0 amide bonds. The fraction of sp³-hybridized carbons (Fsp3) is 0.474. The molecular weight excluding hydrogens is 321 g/mol. The summed E-state index contributed by atoms with van der Waals surface area (Å²) in [6.07, 6.45) is 6.07. The van der Waals surface area contributed by atoms with Crippen LogP contribution in [0, 0.1) is 5.82 Å². The minimum atomic E-state index is -0.427. The van der Waals surface area contributed by atoms with Gasteiger partial charge in [-0.3, -0.25) is 9.88 Å². The molecule has 5 nitrogen and oxygen atoms in total.